The number of rotatable bonds is 6. The zero-order valence-corrected chi connectivity index (χ0v) is 16.1. The second-order valence-electron chi connectivity index (χ2n) is 5.64. The van der Waals surface area contributed by atoms with Crippen LogP contribution in [0.4, 0.5) is 0 Å². The van der Waals surface area contributed by atoms with Crippen LogP contribution in [0.3, 0.4) is 0 Å². The Bertz CT molecular complexity index is 879. The predicted molar refractivity (Wildman–Crippen MR) is 101 cm³/mol. The molecule has 1 aromatic heterocycles. The number of ether oxygens (including phenoxy) is 1. The van der Waals surface area contributed by atoms with Gasteiger partial charge in [0, 0.05) is 13.7 Å². The molecule has 0 unspecified atom stereocenters. The highest BCUT2D eigenvalue weighted by Gasteiger charge is 2.43. The maximum absolute atomic E-state index is 12.9. The fraction of sp³-hybridized carbons (Fsp3) is 0.222. The summed E-state index contributed by atoms with van der Waals surface area (Å²) in [7, 11) is 1.51. The number of methoxy groups -OCH3 is 1. The van der Waals surface area contributed by atoms with E-state index in [2.05, 4.69) is 0 Å². The topological polar surface area (TPSA) is 66.8 Å². The highest BCUT2D eigenvalue weighted by atomic mass is 35.5. The monoisotopic (exact) mass is 411 g/mol. The number of aliphatic hydroxyl groups excluding tert-OH is 1. The van der Waals surface area contributed by atoms with Crippen LogP contribution in [0.5, 0.6) is 0 Å². The van der Waals surface area contributed by atoms with Crippen LogP contribution < -0.4 is 0 Å². The molecule has 0 saturated carbocycles. The number of thiophene rings is 1. The van der Waals surface area contributed by atoms with E-state index in [0.717, 1.165) is 0 Å². The van der Waals surface area contributed by atoms with Crippen molar-refractivity contribution < 1.29 is 19.4 Å². The van der Waals surface area contributed by atoms with Crippen LogP contribution >= 0.6 is 34.5 Å². The average molecular weight is 412 g/mol. The van der Waals surface area contributed by atoms with E-state index < -0.39 is 17.7 Å². The lowest BCUT2D eigenvalue weighted by atomic mass is 9.95. The van der Waals surface area contributed by atoms with Gasteiger partial charge in [0.25, 0.3) is 5.91 Å². The summed E-state index contributed by atoms with van der Waals surface area (Å²) in [6, 6.07) is 7.52. The molecule has 0 saturated heterocycles. The number of halogens is 2. The lowest BCUT2D eigenvalue weighted by Crippen LogP contribution is -2.34. The molecule has 0 fully saturated rings. The third-order valence-corrected chi connectivity index (χ3v) is 5.70. The smallest absolute Gasteiger partial charge is 0.290 e. The van der Waals surface area contributed by atoms with E-state index in [4.69, 9.17) is 27.9 Å². The van der Waals surface area contributed by atoms with Gasteiger partial charge in [0.05, 0.1) is 33.1 Å². The number of hydrogen-bond donors (Lipinski definition) is 1. The van der Waals surface area contributed by atoms with Gasteiger partial charge in [-0.15, -0.1) is 11.3 Å². The van der Waals surface area contributed by atoms with E-state index in [1.54, 1.807) is 35.7 Å². The van der Waals surface area contributed by atoms with Crippen molar-refractivity contribution >= 4 is 46.2 Å². The number of carbonyl (C=O) groups excluding carboxylic acids is 2. The van der Waals surface area contributed by atoms with Gasteiger partial charge in [-0.1, -0.05) is 35.3 Å². The van der Waals surface area contributed by atoms with Gasteiger partial charge >= 0.3 is 0 Å². The Balaban J connectivity index is 2.10. The Morgan fingerprint density at radius 1 is 1.31 bits per heavy atom. The van der Waals surface area contributed by atoms with Crippen LogP contribution in [0.1, 0.15) is 21.3 Å². The van der Waals surface area contributed by atoms with Crippen LogP contribution in [-0.2, 0) is 9.53 Å². The molecule has 2 aromatic rings. The Kier molecular flexibility index (Phi) is 5.67. The maximum atomic E-state index is 12.9. The number of carbonyl (C=O) groups is 2. The molecule has 1 aliphatic rings. The van der Waals surface area contributed by atoms with Crippen LogP contribution in [0.15, 0.2) is 47.0 Å². The maximum Gasteiger partial charge on any atom is 0.290 e. The van der Waals surface area contributed by atoms with Crippen LogP contribution in [0.2, 0.25) is 10.0 Å². The van der Waals surface area contributed by atoms with E-state index in [0.29, 0.717) is 20.5 Å². The summed E-state index contributed by atoms with van der Waals surface area (Å²) in [6.07, 6.45) is 0. The molecule has 2 heterocycles. The molecule has 1 amide bonds. The zero-order chi connectivity index (χ0) is 18.8. The van der Waals surface area contributed by atoms with Gasteiger partial charge in [-0.25, -0.2) is 0 Å². The van der Waals surface area contributed by atoms with Crippen molar-refractivity contribution in [3.05, 3.63) is 67.5 Å². The number of nitrogens with zero attached hydrogens (tertiary/aromatic N) is 1. The third kappa shape index (κ3) is 3.38. The number of hydrogen-bond acceptors (Lipinski definition) is 5. The van der Waals surface area contributed by atoms with Gasteiger partial charge < -0.3 is 14.7 Å². The van der Waals surface area contributed by atoms with E-state index in [9.17, 15) is 14.7 Å². The molecule has 0 bridgehead atoms. The Morgan fingerprint density at radius 2 is 2.08 bits per heavy atom. The summed E-state index contributed by atoms with van der Waals surface area (Å²) < 4.78 is 5.06. The Morgan fingerprint density at radius 3 is 2.69 bits per heavy atom. The summed E-state index contributed by atoms with van der Waals surface area (Å²) in [4.78, 5) is 27.4. The molecular formula is C18H15Cl2NO4S. The SMILES string of the molecule is COCCN1C(=O)C(O)=C(C(=O)c2cccs2)[C@H]1c1ccc(Cl)c(Cl)c1. The highest BCUT2D eigenvalue weighted by molar-refractivity contribution is 7.12. The van der Waals surface area contributed by atoms with Crippen LogP contribution in [-0.4, -0.2) is 42.0 Å². The first-order chi connectivity index (χ1) is 12.5. The molecule has 1 aromatic carbocycles. The van der Waals surface area contributed by atoms with Gasteiger partial charge in [0.2, 0.25) is 5.78 Å². The van der Waals surface area contributed by atoms with Crippen molar-refractivity contribution in [3.8, 4) is 0 Å². The number of ketones is 1. The quantitative estimate of drug-likeness (QED) is 0.720. The first-order valence-corrected chi connectivity index (χ1v) is 9.35. The van der Waals surface area contributed by atoms with E-state index in [1.807, 2.05) is 0 Å². The lowest BCUT2D eigenvalue weighted by Gasteiger charge is -2.26. The fourth-order valence-electron chi connectivity index (χ4n) is 2.88. The first kappa shape index (κ1) is 18.9. The van der Waals surface area contributed by atoms with Gasteiger partial charge in [0.1, 0.15) is 0 Å². The minimum absolute atomic E-state index is 0.0342. The Labute approximate surface area is 164 Å². The largest absolute Gasteiger partial charge is 0.503 e. The summed E-state index contributed by atoms with van der Waals surface area (Å²) in [6.45, 7) is 0.475. The second-order valence-corrected chi connectivity index (χ2v) is 7.40. The number of benzene rings is 1. The first-order valence-electron chi connectivity index (χ1n) is 7.72. The zero-order valence-electron chi connectivity index (χ0n) is 13.7. The molecule has 0 spiro atoms. The molecule has 3 rings (SSSR count). The van der Waals surface area contributed by atoms with E-state index >= 15 is 0 Å². The average Bonchev–Trinajstić information content (AvgIpc) is 3.24. The van der Waals surface area contributed by atoms with Crippen molar-refractivity contribution in [2.45, 2.75) is 6.04 Å². The molecule has 1 atom stereocenters. The van der Waals surface area contributed by atoms with Gasteiger partial charge in [0.15, 0.2) is 5.76 Å². The van der Waals surface area contributed by atoms with Gasteiger partial charge in [-0.2, -0.15) is 0 Å². The molecule has 8 heteroatoms. The fourth-order valence-corrected chi connectivity index (χ4v) is 3.86. The van der Waals surface area contributed by atoms with Crippen molar-refractivity contribution in [2.24, 2.45) is 0 Å². The third-order valence-electron chi connectivity index (χ3n) is 4.09. The molecule has 26 heavy (non-hydrogen) atoms. The van der Waals surface area contributed by atoms with Crippen molar-refractivity contribution in [1.29, 1.82) is 0 Å². The van der Waals surface area contributed by atoms with Crippen molar-refractivity contribution in [3.63, 3.8) is 0 Å². The summed E-state index contributed by atoms with van der Waals surface area (Å²) >= 11 is 13.4. The molecule has 5 nitrogen and oxygen atoms in total. The molecule has 0 radical (unpaired) electrons. The number of aliphatic hydroxyl groups is 1. The Hall–Kier alpha value is -1.86. The predicted octanol–water partition coefficient (Wildman–Crippen LogP) is 4.28. The molecule has 136 valence electrons. The molecule has 0 aliphatic carbocycles. The molecule has 1 aliphatic heterocycles. The van der Waals surface area contributed by atoms with Gasteiger partial charge in [-0.3, -0.25) is 9.59 Å². The van der Waals surface area contributed by atoms with Crippen molar-refractivity contribution in [2.75, 3.05) is 20.3 Å². The molecular weight excluding hydrogens is 397 g/mol. The second kappa shape index (κ2) is 7.80. The standard InChI is InChI=1S/C18H15Cl2NO4S/c1-25-7-6-21-15(10-4-5-11(19)12(20)9-10)14(17(23)18(21)24)16(22)13-3-2-8-26-13/h2-5,8-9,15,23H,6-7H2,1H3/t15-/m1/s1. The highest BCUT2D eigenvalue weighted by Crippen LogP contribution is 2.40. The van der Waals surface area contributed by atoms with Crippen molar-refractivity contribution in [1.82, 2.24) is 4.90 Å². The summed E-state index contributed by atoms with van der Waals surface area (Å²) in [5.41, 5.74) is 0.625. The minimum Gasteiger partial charge on any atom is -0.503 e. The molecule has 1 N–H and O–H groups in total. The van der Waals surface area contributed by atoms with Crippen LogP contribution in [0, 0.1) is 0 Å². The number of Topliss-reactive ketones (excluding diaryl/α,β-unsaturated/α-hetero) is 1. The van der Waals surface area contributed by atoms with Crippen LogP contribution in [0.25, 0.3) is 0 Å². The minimum atomic E-state index is -0.762. The normalized spacial score (nSPS) is 17.3. The number of amides is 1. The lowest BCUT2D eigenvalue weighted by molar-refractivity contribution is -0.130. The van der Waals surface area contributed by atoms with Gasteiger partial charge in [-0.05, 0) is 29.1 Å². The van der Waals surface area contributed by atoms with E-state index in [-0.39, 0.29) is 24.5 Å². The summed E-state index contributed by atoms with van der Waals surface area (Å²) in [5, 5.41) is 12.9. The summed E-state index contributed by atoms with van der Waals surface area (Å²) in [5.74, 6) is -1.55. The van der Waals surface area contributed by atoms with E-state index in [1.165, 1.54) is 23.3 Å².